The van der Waals surface area contributed by atoms with Crippen LogP contribution in [0.5, 0.6) is 0 Å². The third-order valence-electron chi connectivity index (χ3n) is 0.341. The van der Waals surface area contributed by atoms with Crippen molar-refractivity contribution in [2.45, 2.75) is 6.42 Å². The number of nitrogens with zero attached hydrogens (tertiary/aromatic N) is 1. The van der Waals surface area contributed by atoms with Crippen LogP contribution in [0.1, 0.15) is 6.42 Å². The van der Waals surface area contributed by atoms with Crippen molar-refractivity contribution in [2.75, 3.05) is 6.61 Å². The van der Waals surface area contributed by atoms with Crippen molar-refractivity contribution >= 4 is 0 Å². The minimum Gasteiger partial charge on any atom is -0.314 e. The molecule has 0 heterocycles. The van der Waals surface area contributed by atoms with Crippen LogP contribution in [0.2, 0.25) is 0 Å². The third kappa shape index (κ3) is 5.20. The van der Waals surface area contributed by atoms with Crippen LogP contribution in [0, 0.1) is 17.0 Å². The quantitative estimate of drug-likeness (QED) is 0.385. The standard InChI is InChI=1S/C3H6NO3/c1-2-3-7-4(5)6/h1-3H2. The van der Waals surface area contributed by atoms with Gasteiger partial charge in [0.05, 0.1) is 6.61 Å². The molecule has 0 aliphatic carbocycles. The zero-order chi connectivity index (χ0) is 5.70. The molecule has 0 aliphatic rings. The lowest BCUT2D eigenvalue weighted by atomic mass is 10.5. The lowest BCUT2D eigenvalue weighted by Gasteiger charge is -1.88. The van der Waals surface area contributed by atoms with E-state index in [0.717, 1.165) is 0 Å². The van der Waals surface area contributed by atoms with Crippen LogP contribution >= 0.6 is 0 Å². The Bertz CT molecular complexity index is 63.2. The molecule has 4 heteroatoms. The molecule has 0 aromatic heterocycles. The van der Waals surface area contributed by atoms with E-state index in [2.05, 4.69) is 11.8 Å². The van der Waals surface area contributed by atoms with E-state index in [1.165, 1.54) is 0 Å². The van der Waals surface area contributed by atoms with E-state index in [-0.39, 0.29) is 6.61 Å². The fourth-order valence-corrected chi connectivity index (χ4v) is 0.139. The van der Waals surface area contributed by atoms with Gasteiger partial charge in [-0.2, -0.15) is 0 Å². The molecule has 1 radical (unpaired) electrons. The highest BCUT2D eigenvalue weighted by molar-refractivity contribution is 4.30. The SMILES string of the molecule is [CH2]CCO[N+](=O)[O-]. The molecule has 0 bridgehead atoms. The minimum absolute atomic E-state index is 0.0903. The predicted molar refractivity (Wildman–Crippen MR) is 22.9 cm³/mol. The van der Waals surface area contributed by atoms with Crippen LogP contribution in [-0.4, -0.2) is 11.7 Å². The first-order chi connectivity index (χ1) is 3.27. The minimum atomic E-state index is -0.828. The summed E-state index contributed by atoms with van der Waals surface area (Å²) in [6, 6.07) is 0. The lowest BCUT2D eigenvalue weighted by molar-refractivity contribution is -0.757. The number of hydrogen-bond donors (Lipinski definition) is 0. The Morgan fingerprint density at radius 3 is 2.57 bits per heavy atom. The number of rotatable bonds is 3. The molecule has 0 aromatic carbocycles. The molecule has 0 aromatic rings. The molecule has 0 fully saturated rings. The van der Waals surface area contributed by atoms with E-state index in [4.69, 9.17) is 0 Å². The van der Waals surface area contributed by atoms with Gasteiger partial charge < -0.3 is 4.84 Å². The number of hydrogen-bond acceptors (Lipinski definition) is 3. The summed E-state index contributed by atoms with van der Waals surface area (Å²) in [6.45, 7) is 3.42. The molecule has 0 saturated carbocycles. The van der Waals surface area contributed by atoms with Gasteiger partial charge in [0.25, 0.3) is 5.09 Å². The zero-order valence-electron chi connectivity index (χ0n) is 3.79. The van der Waals surface area contributed by atoms with E-state index < -0.39 is 5.09 Å². The highest BCUT2D eigenvalue weighted by Crippen LogP contribution is 1.76. The van der Waals surface area contributed by atoms with Crippen molar-refractivity contribution in [2.24, 2.45) is 0 Å². The van der Waals surface area contributed by atoms with Gasteiger partial charge in [0, 0.05) is 0 Å². The molecule has 0 unspecified atom stereocenters. The summed E-state index contributed by atoms with van der Waals surface area (Å²) in [4.78, 5) is 13.2. The van der Waals surface area contributed by atoms with E-state index in [1.54, 1.807) is 0 Å². The summed E-state index contributed by atoms with van der Waals surface area (Å²) in [5, 5.41) is 8.49. The van der Waals surface area contributed by atoms with Gasteiger partial charge >= 0.3 is 0 Å². The Kier molecular flexibility index (Phi) is 3.00. The molecule has 7 heavy (non-hydrogen) atoms. The maximum absolute atomic E-state index is 9.31. The highest BCUT2D eigenvalue weighted by Gasteiger charge is 1.87. The van der Waals surface area contributed by atoms with E-state index in [1.807, 2.05) is 0 Å². The Balaban J connectivity index is 2.82. The average molecular weight is 104 g/mol. The van der Waals surface area contributed by atoms with Crippen LogP contribution < -0.4 is 0 Å². The normalized spacial score (nSPS) is 8.14. The van der Waals surface area contributed by atoms with Crippen molar-refractivity contribution in [1.82, 2.24) is 0 Å². The van der Waals surface area contributed by atoms with E-state index in [0.29, 0.717) is 6.42 Å². The van der Waals surface area contributed by atoms with Gasteiger partial charge in [0.15, 0.2) is 0 Å². The topological polar surface area (TPSA) is 52.4 Å². The average Bonchev–Trinajstić information content (AvgIpc) is 1.61. The van der Waals surface area contributed by atoms with E-state index in [9.17, 15) is 10.1 Å². The van der Waals surface area contributed by atoms with Crippen LogP contribution in [0.25, 0.3) is 0 Å². The third-order valence-corrected chi connectivity index (χ3v) is 0.341. The summed E-state index contributed by atoms with van der Waals surface area (Å²) in [5.41, 5.74) is 0. The fraction of sp³-hybridized carbons (Fsp3) is 0.667. The maximum Gasteiger partial charge on any atom is 0.294 e. The molecule has 4 nitrogen and oxygen atoms in total. The Morgan fingerprint density at radius 1 is 1.86 bits per heavy atom. The molecule has 0 aliphatic heterocycles. The molecule has 0 spiro atoms. The maximum atomic E-state index is 9.31. The summed E-state index contributed by atoms with van der Waals surface area (Å²) in [5.74, 6) is 0. The van der Waals surface area contributed by atoms with Crippen molar-refractivity contribution in [1.29, 1.82) is 0 Å². The second-order valence-electron chi connectivity index (χ2n) is 0.910. The second kappa shape index (κ2) is 3.39. The molecular formula is C3H6NO3. The molecule has 0 saturated heterocycles. The lowest BCUT2D eigenvalue weighted by Crippen LogP contribution is -2.00. The van der Waals surface area contributed by atoms with Crippen LogP contribution in [0.4, 0.5) is 0 Å². The largest absolute Gasteiger partial charge is 0.314 e. The van der Waals surface area contributed by atoms with E-state index >= 15 is 0 Å². The van der Waals surface area contributed by atoms with Gasteiger partial charge in [0.1, 0.15) is 0 Å². The first kappa shape index (κ1) is 6.20. The van der Waals surface area contributed by atoms with Crippen molar-refractivity contribution < 1.29 is 9.92 Å². The Morgan fingerprint density at radius 2 is 2.43 bits per heavy atom. The summed E-state index contributed by atoms with van der Waals surface area (Å²) in [7, 11) is 0. The zero-order valence-corrected chi connectivity index (χ0v) is 3.79. The van der Waals surface area contributed by atoms with Gasteiger partial charge in [-0.15, -0.1) is 10.1 Å². The highest BCUT2D eigenvalue weighted by atomic mass is 16.9. The van der Waals surface area contributed by atoms with Gasteiger partial charge in [-0.25, -0.2) is 0 Å². The molecule has 41 valence electrons. The Hall–Kier alpha value is -0.800. The van der Waals surface area contributed by atoms with Gasteiger partial charge in [-0.3, -0.25) is 0 Å². The van der Waals surface area contributed by atoms with Crippen molar-refractivity contribution in [3.05, 3.63) is 17.0 Å². The van der Waals surface area contributed by atoms with Crippen LogP contribution in [0.15, 0.2) is 0 Å². The van der Waals surface area contributed by atoms with Crippen molar-refractivity contribution in [3.63, 3.8) is 0 Å². The van der Waals surface area contributed by atoms with Gasteiger partial charge in [-0.1, -0.05) is 6.92 Å². The first-order valence-corrected chi connectivity index (χ1v) is 1.84. The molecule has 0 atom stereocenters. The molecule has 0 N–H and O–H groups in total. The summed E-state index contributed by atoms with van der Waals surface area (Å²) < 4.78 is 0. The Labute approximate surface area is 41.2 Å². The smallest absolute Gasteiger partial charge is 0.294 e. The van der Waals surface area contributed by atoms with Gasteiger partial charge in [-0.05, 0) is 6.42 Å². The monoisotopic (exact) mass is 104 g/mol. The predicted octanol–water partition coefficient (Wildman–Crippen LogP) is 0.419. The second-order valence-corrected chi connectivity index (χ2v) is 0.910. The summed E-state index contributed by atoms with van der Waals surface area (Å²) in [6.07, 6.45) is 0.432. The molecule has 0 amide bonds. The summed E-state index contributed by atoms with van der Waals surface area (Å²) >= 11 is 0. The van der Waals surface area contributed by atoms with Crippen molar-refractivity contribution in [3.8, 4) is 0 Å². The van der Waals surface area contributed by atoms with Gasteiger partial charge in [0.2, 0.25) is 0 Å². The van der Waals surface area contributed by atoms with Crippen LogP contribution in [-0.2, 0) is 4.84 Å². The first-order valence-electron chi connectivity index (χ1n) is 1.84. The molecular weight excluding hydrogens is 98.0 g/mol. The molecule has 0 rings (SSSR count). The fourth-order valence-electron chi connectivity index (χ4n) is 0.139. The van der Waals surface area contributed by atoms with Crippen LogP contribution in [0.3, 0.4) is 0 Å².